The van der Waals surface area contributed by atoms with Crippen molar-refractivity contribution in [1.29, 1.82) is 0 Å². The van der Waals surface area contributed by atoms with Crippen molar-refractivity contribution in [3.8, 4) is 22.3 Å². The quantitative estimate of drug-likeness (QED) is 0.235. The summed E-state index contributed by atoms with van der Waals surface area (Å²) >= 11 is 0. The van der Waals surface area contributed by atoms with Crippen molar-refractivity contribution in [3.05, 3.63) is 144 Å². The number of hydrogen-bond donors (Lipinski definition) is 0. The monoisotopic (exact) mass is 490 g/mol. The van der Waals surface area contributed by atoms with Gasteiger partial charge in [-0.1, -0.05) is 115 Å². The molecule has 0 radical (unpaired) electrons. The standard InChI is InChI=1S/C24H18O.C13H12/c1-15-7-3-4-8-18(15)20-14-21-17(13-16(20)2)11-12-23-24(21)19-9-5-6-10-22(19)25-23;1-11-6-5-9-13(10-11)12-7-3-2-4-8-12/h3-14H,1-2H3;2-10H,1H3. The highest BCUT2D eigenvalue weighted by Gasteiger charge is 2.13. The Morgan fingerprint density at radius 3 is 2.00 bits per heavy atom. The first-order chi connectivity index (χ1) is 18.6. The molecule has 1 aromatic heterocycles. The van der Waals surface area contributed by atoms with Crippen molar-refractivity contribution in [3.63, 3.8) is 0 Å². The molecule has 1 heteroatoms. The van der Waals surface area contributed by atoms with E-state index < -0.39 is 0 Å². The van der Waals surface area contributed by atoms with Crippen LogP contribution < -0.4 is 0 Å². The van der Waals surface area contributed by atoms with E-state index in [4.69, 9.17) is 4.42 Å². The lowest BCUT2D eigenvalue weighted by molar-refractivity contribution is 0.669. The van der Waals surface area contributed by atoms with Crippen molar-refractivity contribution >= 4 is 32.7 Å². The van der Waals surface area contributed by atoms with E-state index in [2.05, 4.69) is 130 Å². The number of para-hydroxylation sites is 1. The summed E-state index contributed by atoms with van der Waals surface area (Å²) in [7, 11) is 0. The van der Waals surface area contributed by atoms with E-state index in [0.29, 0.717) is 0 Å². The third-order valence-corrected chi connectivity index (χ3v) is 7.26. The Labute approximate surface area is 224 Å². The van der Waals surface area contributed by atoms with Gasteiger partial charge in [0.05, 0.1) is 0 Å². The first-order valence-electron chi connectivity index (χ1n) is 13.1. The van der Waals surface area contributed by atoms with Crippen LogP contribution in [0.1, 0.15) is 16.7 Å². The maximum atomic E-state index is 6.06. The molecule has 0 aliphatic rings. The molecule has 1 nitrogen and oxygen atoms in total. The maximum absolute atomic E-state index is 6.06. The molecule has 38 heavy (non-hydrogen) atoms. The number of hydrogen-bond acceptors (Lipinski definition) is 1. The van der Waals surface area contributed by atoms with Gasteiger partial charge >= 0.3 is 0 Å². The predicted molar refractivity (Wildman–Crippen MR) is 163 cm³/mol. The third kappa shape index (κ3) is 4.48. The highest BCUT2D eigenvalue weighted by atomic mass is 16.3. The zero-order valence-corrected chi connectivity index (χ0v) is 22.0. The van der Waals surface area contributed by atoms with E-state index in [1.54, 1.807) is 0 Å². The molecule has 6 aromatic carbocycles. The molecule has 0 bridgehead atoms. The SMILES string of the molecule is Cc1cccc(-c2ccccc2)c1.Cc1ccccc1-c1cc2c(ccc3oc4ccccc4c32)cc1C. The largest absolute Gasteiger partial charge is 0.456 e. The molecular formula is C37H30O. The molecule has 0 fully saturated rings. The summed E-state index contributed by atoms with van der Waals surface area (Å²) in [6.07, 6.45) is 0. The van der Waals surface area contributed by atoms with Crippen molar-refractivity contribution < 1.29 is 4.42 Å². The molecule has 7 aromatic rings. The number of rotatable bonds is 2. The van der Waals surface area contributed by atoms with Gasteiger partial charge < -0.3 is 4.42 Å². The summed E-state index contributed by atoms with van der Waals surface area (Å²) in [6, 6.07) is 44.7. The Hall–Kier alpha value is -4.62. The minimum absolute atomic E-state index is 0.947. The second kappa shape index (κ2) is 10.0. The van der Waals surface area contributed by atoms with Gasteiger partial charge in [0, 0.05) is 10.8 Å². The summed E-state index contributed by atoms with van der Waals surface area (Å²) in [5, 5.41) is 4.91. The Kier molecular flexibility index (Phi) is 6.27. The number of aryl methyl sites for hydroxylation is 3. The van der Waals surface area contributed by atoms with Gasteiger partial charge in [-0.05, 0) is 83.1 Å². The van der Waals surface area contributed by atoms with Crippen LogP contribution in [0.2, 0.25) is 0 Å². The summed E-state index contributed by atoms with van der Waals surface area (Å²) in [4.78, 5) is 0. The van der Waals surface area contributed by atoms with Crippen LogP contribution >= 0.6 is 0 Å². The highest BCUT2D eigenvalue weighted by molar-refractivity contribution is 6.19. The Morgan fingerprint density at radius 1 is 0.447 bits per heavy atom. The van der Waals surface area contributed by atoms with Crippen molar-refractivity contribution in [1.82, 2.24) is 0 Å². The molecule has 1 heterocycles. The van der Waals surface area contributed by atoms with Gasteiger partial charge in [-0.15, -0.1) is 0 Å². The first kappa shape index (κ1) is 23.8. The predicted octanol–water partition coefficient (Wildman–Crippen LogP) is 10.7. The van der Waals surface area contributed by atoms with E-state index in [0.717, 1.165) is 11.2 Å². The van der Waals surface area contributed by atoms with E-state index in [1.165, 1.54) is 60.5 Å². The van der Waals surface area contributed by atoms with Crippen molar-refractivity contribution in [2.24, 2.45) is 0 Å². The molecular weight excluding hydrogens is 460 g/mol. The highest BCUT2D eigenvalue weighted by Crippen LogP contribution is 2.38. The normalized spacial score (nSPS) is 11.0. The van der Waals surface area contributed by atoms with Crippen LogP contribution in [-0.2, 0) is 0 Å². The second-order valence-electron chi connectivity index (χ2n) is 9.98. The van der Waals surface area contributed by atoms with Gasteiger partial charge in [-0.3, -0.25) is 0 Å². The van der Waals surface area contributed by atoms with E-state index in [1.807, 2.05) is 18.2 Å². The van der Waals surface area contributed by atoms with Crippen LogP contribution in [0.15, 0.2) is 132 Å². The van der Waals surface area contributed by atoms with Crippen molar-refractivity contribution in [2.75, 3.05) is 0 Å². The van der Waals surface area contributed by atoms with E-state index in [9.17, 15) is 0 Å². The van der Waals surface area contributed by atoms with Gasteiger partial charge in [0.2, 0.25) is 0 Å². The third-order valence-electron chi connectivity index (χ3n) is 7.26. The minimum atomic E-state index is 0.947. The lowest BCUT2D eigenvalue weighted by Gasteiger charge is -2.12. The summed E-state index contributed by atoms with van der Waals surface area (Å²) in [5.74, 6) is 0. The number of fused-ring (bicyclic) bond motifs is 5. The van der Waals surface area contributed by atoms with E-state index in [-0.39, 0.29) is 0 Å². The van der Waals surface area contributed by atoms with Gasteiger partial charge in [-0.25, -0.2) is 0 Å². The zero-order valence-electron chi connectivity index (χ0n) is 22.0. The molecule has 7 rings (SSSR count). The van der Waals surface area contributed by atoms with Crippen molar-refractivity contribution in [2.45, 2.75) is 20.8 Å². The fraction of sp³-hybridized carbons (Fsp3) is 0.0811. The van der Waals surface area contributed by atoms with E-state index >= 15 is 0 Å². The molecule has 184 valence electrons. The Bertz CT molecular complexity index is 1890. The lowest BCUT2D eigenvalue weighted by atomic mass is 9.92. The van der Waals surface area contributed by atoms with Crippen LogP contribution in [0.3, 0.4) is 0 Å². The fourth-order valence-electron chi connectivity index (χ4n) is 5.33. The Balaban J connectivity index is 0.000000171. The molecule has 0 atom stereocenters. The number of benzene rings is 6. The average molecular weight is 491 g/mol. The van der Waals surface area contributed by atoms with Crippen LogP contribution in [0.25, 0.3) is 55.0 Å². The Morgan fingerprint density at radius 2 is 1.18 bits per heavy atom. The summed E-state index contributed by atoms with van der Waals surface area (Å²) in [6.45, 7) is 6.48. The fourth-order valence-corrected chi connectivity index (χ4v) is 5.33. The smallest absolute Gasteiger partial charge is 0.136 e. The minimum Gasteiger partial charge on any atom is -0.456 e. The molecule has 0 saturated heterocycles. The van der Waals surface area contributed by atoms with Crippen LogP contribution in [-0.4, -0.2) is 0 Å². The summed E-state index contributed by atoms with van der Waals surface area (Å²) in [5.41, 5.74) is 11.0. The molecule has 0 unspecified atom stereocenters. The molecule has 0 aliphatic carbocycles. The number of furan rings is 1. The van der Waals surface area contributed by atoms with Gasteiger partial charge in [0.15, 0.2) is 0 Å². The molecule has 0 N–H and O–H groups in total. The van der Waals surface area contributed by atoms with Gasteiger partial charge in [0.25, 0.3) is 0 Å². The molecule has 0 amide bonds. The van der Waals surface area contributed by atoms with Crippen LogP contribution in [0.4, 0.5) is 0 Å². The molecule has 0 aliphatic heterocycles. The zero-order chi connectivity index (χ0) is 26.1. The lowest BCUT2D eigenvalue weighted by Crippen LogP contribution is -1.88. The maximum Gasteiger partial charge on any atom is 0.136 e. The molecule has 0 saturated carbocycles. The van der Waals surface area contributed by atoms with Crippen LogP contribution in [0.5, 0.6) is 0 Å². The summed E-state index contributed by atoms with van der Waals surface area (Å²) < 4.78 is 6.06. The van der Waals surface area contributed by atoms with Crippen LogP contribution in [0, 0.1) is 20.8 Å². The van der Waals surface area contributed by atoms with Gasteiger partial charge in [0.1, 0.15) is 11.2 Å². The first-order valence-corrected chi connectivity index (χ1v) is 13.1. The average Bonchev–Trinajstić information content (AvgIpc) is 3.33. The second-order valence-corrected chi connectivity index (χ2v) is 9.98. The van der Waals surface area contributed by atoms with Gasteiger partial charge in [-0.2, -0.15) is 0 Å². The molecule has 0 spiro atoms. The topological polar surface area (TPSA) is 13.1 Å².